The highest BCUT2D eigenvalue weighted by Crippen LogP contribution is 2.48. The van der Waals surface area contributed by atoms with E-state index in [1.807, 2.05) is 0 Å². The molecule has 0 spiro atoms. The molecule has 7 nitrogen and oxygen atoms in total. The van der Waals surface area contributed by atoms with Crippen LogP contribution in [0.4, 0.5) is 15.8 Å². The number of likely N-dealkylation sites (N-methyl/N-ethyl adjacent to an activating group) is 1. The molecule has 3 N–H and O–H groups in total. The first-order chi connectivity index (χ1) is 18.4. The minimum absolute atomic E-state index is 0.317. The third-order valence-corrected chi connectivity index (χ3v) is 7.85. The third-order valence-electron chi connectivity index (χ3n) is 6.36. The Labute approximate surface area is 228 Å². The van der Waals surface area contributed by atoms with Crippen LogP contribution in [0.15, 0.2) is 60.8 Å². The second-order valence-electron chi connectivity index (χ2n) is 9.08. The van der Waals surface area contributed by atoms with E-state index in [0.717, 1.165) is 29.7 Å². The molecule has 0 unspecified atom stereocenters. The first-order valence-corrected chi connectivity index (χ1v) is 13.5. The van der Waals surface area contributed by atoms with Gasteiger partial charge >= 0.3 is 0 Å². The summed E-state index contributed by atoms with van der Waals surface area (Å²) in [6.45, 7) is 3.90. The predicted molar refractivity (Wildman–Crippen MR) is 149 cm³/mol. The van der Waals surface area contributed by atoms with Crippen molar-refractivity contribution in [2.24, 2.45) is 5.41 Å². The average molecular weight is 553 g/mol. The van der Waals surface area contributed by atoms with E-state index in [2.05, 4.69) is 33.9 Å². The fourth-order valence-electron chi connectivity index (χ4n) is 4.05. The molecule has 2 aromatic heterocycles. The van der Waals surface area contributed by atoms with Crippen LogP contribution in [0, 0.1) is 11.2 Å². The summed E-state index contributed by atoms with van der Waals surface area (Å²) in [6, 6.07) is 14.2. The summed E-state index contributed by atoms with van der Waals surface area (Å²) in [5.74, 6) is -0.145. The van der Waals surface area contributed by atoms with Crippen molar-refractivity contribution in [3.05, 3.63) is 76.5 Å². The highest BCUT2D eigenvalue weighted by Gasteiger charge is 2.56. The topological polar surface area (TPSA) is 92.4 Å². The number of hydrogen-bond donors (Lipinski definition) is 3. The van der Waals surface area contributed by atoms with Gasteiger partial charge in [-0.3, -0.25) is 14.6 Å². The fourth-order valence-corrected chi connectivity index (χ4v) is 5.34. The number of carbonyl (C=O) groups excluding carboxylic acids is 2. The molecule has 1 saturated carbocycles. The van der Waals surface area contributed by atoms with Gasteiger partial charge in [0.15, 0.2) is 0 Å². The van der Waals surface area contributed by atoms with Crippen LogP contribution in [-0.4, -0.2) is 29.9 Å². The maximum absolute atomic E-state index is 13.1. The minimum Gasteiger partial charge on any atom is -0.454 e. The fraction of sp³-hybridized carbons (Fsp3) is 0.250. The van der Waals surface area contributed by atoms with Crippen molar-refractivity contribution < 1.29 is 18.7 Å². The summed E-state index contributed by atoms with van der Waals surface area (Å²) in [4.78, 5) is 31.5. The van der Waals surface area contributed by atoms with Gasteiger partial charge in [-0.05, 0) is 80.9 Å². The van der Waals surface area contributed by atoms with Gasteiger partial charge in [-0.2, -0.15) is 0 Å². The Bertz CT molecular complexity index is 1490. The number of halogens is 2. The smallest absolute Gasteiger partial charge is 0.240 e. The number of pyridine rings is 1. The van der Waals surface area contributed by atoms with Gasteiger partial charge in [0.25, 0.3) is 0 Å². The van der Waals surface area contributed by atoms with Gasteiger partial charge in [0.05, 0.1) is 15.2 Å². The number of rotatable bonds is 10. The second-order valence-corrected chi connectivity index (χ2v) is 10.6. The van der Waals surface area contributed by atoms with Gasteiger partial charge in [0, 0.05) is 28.5 Å². The van der Waals surface area contributed by atoms with Gasteiger partial charge in [-0.1, -0.05) is 18.5 Å². The number of aromatic nitrogens is 1. The van der Waals surface area contributed by atoms with Crippen molar-refractivity contribution in [2.75, 3.05) is 23.7 Å². The van der Waals surface area contributed by atoms with Crippen LogP contribution in [-0.2, 0) is 16.0 Å². The van der Waals surface area contributed by atoms with Crippen molar-refractivity contribution in [3.63, 3.8) is 0 Å². The number of anilines is 2. The van der Waals surface area contributed by atoms with Crippen LogP contribution in [0.2, 0.25) is 5.02 Å². The van der Waals surface area contributed by atoms with Gasteiger partial charge in [-0.25, -0.2) is 4.39 Å². The Morgan fingerprint density at radius 2 is 1.74 bits per heavy atom. The van der Waals surface area contributed by atoms with Crippen LogP contribution in [0.25, 0.3) is 10.2 Å². The molecule has 0 atom stereocenters. The molecule has 0 bridgehead atoms. The van der Waals surface area contributed by atoms with Crippen molar-refractivity contribution in [1.29, 1.82) is 0 Å². The number of nitrogens with zero attached hydrogens (tertiary/aromatic N) is 1. The summed E-state index contributed by atoms with van der Waals surface area (Å²) in [5.41, 5.74) is 0.589. The van der Waals surface area contributed by atoms with Crippen LogP contribution in [0.1, 0.15) is 24.6 Å². The molecule has 0 saturated heterocycles. The Balaban J connectivity index is 1.26. The molecule has 38 heavy (non-hydrogen) atoms. The molecule has 1 fully saturated rings. The molecule has 196 valence electrons. The van der Waals surface area contributed by atoms with Crippen molar-refractivity contribution in [1.82, 2.24) is 10.3 Å². The first-order valence-electron chi connectivity index (χ1n) is 12.3. The molecule has 0 aliphatic heterocycles. The normalized spacial score (nSPS) is 13.8. The molecule has 10 heteroatoms. The predicted octanol–water partition coefficient (Wildman–Crippen LogP) is 6.39. The van der Waals surface area contributed by atoms with Crippen molar-refractivity contribution in [2.45, 2.75) is 26.2 Å². The Morgan fingerprint density at radius 1 is 1.03 bits per heavy atom. The first kappa shape index (κ1) is 26.1. The largest absolute Gasteiger partial charge is 0.454 e. The lowest BCUT2D eigenvalue weighted by Crippen LogP contribution is -2.35. The summed E-state index contributed by atoms with van der Waals surface area (Å²) >= 11 is 8.15. The SMILES string of the molecule is CCNCCc1cc2nccc(Oc3ccc(NC(=O)C4(C(=O)Nc5ccc(F)cc5)CC4)cc3Cl)c2s1. The van der Waals surface area contributed by atoms with Gasteiger partial charge in [0.2, 0.25) is 11.8 Å². The maximum Gasteiger partial charge on any atom is 0.240 e. The van der Waals surface area contributed by atoms with E-state index in [1.165, 1.54) is 29.1 Å². The Kier molecular flexibility index (Phi) is 7.60. The zero-order chi connectivity index (χ0) is 26.7. The van der Waals surface area contributed by atoms with Crippen LogP contribution in [0.5, 0.6) is 11.5 Å². The molecular formula is C28H26ClFN4O3S. The van der Waals surface area contributed by atoms with Crippen molar-refractivity contribution >= 4 is 56.3 Å². The van der Waals surface area contributed by atoms with Gasteiger partial charge in [0.1, 0.15) is 22.7 Å². The molecule has 4 aromatic rings. The van der Waals surface area contributed by atoms with Crippen LogP contribution < -0.4 is 20.7 Å². The van der Waals surface area contributed by atoms with E-state index in [-0.39, 0.29) is 0 Å². The third kappa shape index (κ3) is 5.65. The number of nitrogens with one attached hydrogen (secondary N) is 3. The van der Waals surface area contributed by atoms with E-state index in [9.17, 15) is 14.0 Å². The standard InChI is InChI=1S/C28H26ClFN4O3S/c1-2-31-13-9-20-16-22-25(38-20)24(10-14-32-22)37-23-8-7-19(15-21(23)29)34-27(36)28(11-12-28)26(35)33-18-5-3-17(30)4-6-18/h3-8,10,14-16,31H,2,9,11-13H2,1H3,(H,33,35)(H,34,36). The van der Waals surface area contributed by atoms with Crippen LogP contribution >= 0.6 is 22.9 Å². The number of hydrogen-bond acceptors (Lipinski definition) is 6. The van der Waals surface area contributed by atoms with Gasteiger partial charge < -0.3 is 20.7 Å². The lowest BCUT2D eigenvalue weighted by molar-refractivity contribution is -0.131. The zero-order valence-electron chi connectivity index (χ0n) is 20.6. The average Bonchev–Trinajstić information content (AvgIpc) is 3.61. The molecule has 2 heterocycles. The quantitative estimate of drug-likeness (QED) is 0.157. The molecule has 2 amide bonds. The molecule has 1 aliphatic carbocycles. The van der Waals surface area contributed by atoms with E-state index in [1.54, 1.807) is 41.8 Å². The number of fused-ring (bicyclic) bond motifs is 1. The number of thiophene rings is 1. The number of amides is 2. The lowest BCUT2D eigenvalue weighted by Gasteiger charge is -2.16. The number of benzene rings is 2. The molecule has 0 radical (unpaired) electrons. The maximum atomic E-state index is 13.1. The Morgan fingerprint density at radius 3 is 2.42 bits per heavy atom. The molecule has 5 rings (SSSR count). The summed E-state index contributed by atoms with van der Waals surface area (Å²) in [5, 5.41) is 9.14. The van der Waals surface area contributed by atoms with E-state index in [4.69, 9.17) is 16.3 Å². The summed E-state index contributed by atoms with van der Waals surface area (Å²) in [6.07, 6.45) is 3.46. The molecular weight excluding hydrogens is 527 g/mol. The van der Waals surface area contributed by atoms with E-state index >= 15 is 0 Å². The summed E-state index contributed by atoms with van der Waals surface area (Å²) in [7, 11) is 0. The zero-order valence-corrected chi connectivity index (χ0v) is 22.2. The van der Waals surface area contributed by atoms with E-state index in [0.29, 0.717) is 40.7 Å². The lowest BCUT2D eigenvalue weighted by atomic mass is 10.0. The van der Waals surface area contributed by atoms with Crippen molar-refractivity contribution in [3.8, 4) is 11.5 Å². The number of ether oxygens (including phenoxy) is 1. The van der Waals surface area contributed by atoms with Crippen LogP contribution in [0.3, 0.4) is 0 Å². The molecule has 2 aromatic carbocycles. The highest BCUT2D eigenvalue weighted by molar-refractivity contribution is 7.19. The van der Waals surface area contributed by atoms with E-state index < -0.39 is 23.0 Å². The monoisotopic (exact) mass is 552 g/mol. The summed E-state index contributed by atoms with van der Waals surface area (Å²) < 4.78 is 20.2. The van der Waals surface area contributed by atoms with Gasteiger partial charge in [-0.15, -0.1) is 11.3 Å². The second kappa shape index (κ2) is 11.1. The molecule has 1 aliphatic rings. The Hall–Kier alpha value is -3.53. The number of carbonyl (C=O) groups is 2. The minimum atomic E-state index is -1.16. The highest BCUT2D eigenvalue weighted by atomic mass is 35.5.